The first-order chi connectivity index (χ1) is 11.4. The summed E-state index contributed by atoms with van der Waals surface area (Å²) in [5, 5.41) is 13.8. The van der Waals surface area contributed by atoms with Crippen LogP contribution in [0.2, 0.25) is 0 Å². The third-order valence-electron chi connectivity index (χ3n) is 4.12. The Bertz CT molecular complexity index is 913. The van der Waals surface area contributed by atoms with Gasteiger partial charge in [0.15, 0.2) is 0 Å². The Morgan fingerprint density at radius 2 is 1.96 bits per heavy atom. The average molecular weight is 346 g/mol. The van der Waals surface area contributed by atoms with E-state index in [4.69, 9.17) is 0 Å². The number of fused-ring (bicyclic) bond motifs is 1. The predicted molar refractivity (Wildman–Crippen MR) is 94.7 cm³/mol. The molecule has 2 aromatic carbocycles. The molecule has 0 aliphatic heterocycles. The zero-order chi connectivity index (χ0) is 17.3. The molecule has 3 aromatic rings. The van der Waals surface area contributed by atoms with Crippen molar-refractivity contribution in [1.82, 2.24) is 9.88 Å². The summed E-state index contributed by atoms with van der Waals surface area (Å²) in [6, 6.07) is 11.7. The van der Waals surface area contributed by atoms with Gasteiger partial charge in [-0.2, -0.15) is 0 Å². The minimum atomic E-state index is -1.09. The van der Waals surface area contributed by atoms with Gasteiger partial charge in [-0.25, -0.2) is 4.39 Å². The van der Waals surface area contributed by atoms with E-state index in [1.54, 1.807) is 30.7 Å². The van der Waals surface area contributed by atoms with Crippen LogP contribution < -0.4 is 10.2 Å². The number of thiazole rings is 1. The van der Waals surface area contributed by atoms with E-state index in [1.807, 2.05) is 18.2 Å². The second kappa shape index (κ2) is 6.47. The smallest absolute Gasteiger partial charge is 0.307 e. The number of halogens is 1. The molecule has 6 heteroatoms. The highest BCUT2D eigenvalue weighted by molar-refractivity contribution is 7.16. The number of aliphatic hydroxyl groups is 1. The summed E-state index contributed by atoms with van der Waals surface area (Å²) in [5.41, 5.74) is 1.54. The van der Waals surface area contributed by atoms with Gasteiger partial charge in [-0.1, -0.05) is 29.5 Å². The minimum Gasteiger partial charge on any atom is -0.384 e. The third-order valence-corrected chi connectivity index (χ3v) is 5.12. The first-order valence-electron chi connectivity index (χ1n) is 7.64. The summed E-state index contributed by atoms with van der Waals surface area (Å²) in [6.45, 7) is 2.60. The number of rotatable bonds is 5. The highest BCUT2D eigenvalue weighted by atomic mass is 32.1. The summed E-state index contributed by atoms with van der Waals surface area (Å²) >= 11 is 1.22. The first kappa shape index (κ1) is 16.8. The molecule has 0 amide bonds. The van der Waals surface area contributed by atoms with Crippen molar-refractivity contribution in [3.8, 4) is 0 Å². The van der Waals surface area contributed by atoms with Crippen LogP contribution in [0.5, 0.6) is 0 Å². The van der Waals surface area contributed by atoms with E-state index in [9.17, 15) is 14.3 Å². The molecule has 1 aromatic heterocycles. The Morgan fingerprint density at radius 1 is 1.25 bits per heavy atom. The fourth-order valence-corrected chi connectivity index (χ4v) is 3.59. The van der Waals surface area contributed by atoms with Crippen molar-refractivity contribution >= 4 is 21.6 Å². The van der Waals surface area contributed by atoms with Crippen LogP contribution in [0.1, 0.15) is 18.1 Å². The van der Waals surface area contributed by atoms with Crippen molar-refractivity contribution < 1.29 is 9.50 Å². The summed E-state index contributed by atoms with van der Waals surface area (Å²) in [6.07, 6.45) is 0. The maximum atomic E-state index is 13.0. The van der Waals surface area contributed by atoms with Gasteiger partial charge in [0.05, 0.1) is 15.8 Å². The molecular weight excluding hydrogens is 327 g/mol. The van der Waals surface area contributed by atoms with Gasteiger partial charge in [0.2, 0.25) is 0 Å². The summed E-state index contributed by atoms with van der Waals surface area (Å²) in [4.78, 5) is 11.7. The molecule has 24 heavy (non-hydrogen) atoms. The van der Waals surface area contributed by atoms with E-state index in [2.05, 4.69) is 5.32 Å². The lowest BCUT2D eigenvalue weighted by Gasteiger charge is -2.24. The van der Waals surface area contributed by atoms with Gasteiger partial charge >= 0.3 is 4.87 Å². The Balaban J connectivity index is 1.67. The Kier molecular flexibility index (Phi) is 4.54. The number of nitrogens with zero attached hydrogens (tertiary/aromatic N) is 1. The summed E-state index contributed by atoms with van der Waals surface area (Å²) in [5.74, 6) is -0.322. The molecule has 0 aliphatic rings. The van der Waals surface area contributed by atoms with Crippen molar-refractivity contribution in [3.63, 3.8) is 0 Å². The SMILES string of the molecule is Cn1c(=O)sc2cc(CNC[C@@](C)(O)c3ccc(F)cc3)ccc21. The predicted octanol–water partition coefficient (Wildman–Crippen LogP) is 2.74. The molecule has 0 aliphatic carbocycles. The number of hydrogen-bond donors (Lipinski definition) is 2. The molecule has 0 spiro atoms. The summed E-state index contributed by atoms with van der Waals surface area (Å²) < 4.78 is 15.6. The Morgan fingerprint density at radius 3 is 2.67 bits per heavy atom. The molecule has 1 atom stereocenters. The molecule has 0 bridgehead atoms. The zero-order valence-electron chi connectivity index (χ0n) is 13.5. The lowest BCUT2D eigenvalue weighted by molar-refractivity contribution is 0.0566. The monoisotopic (exact) mass is 346 g/mol. The van der Waals surface area contributed by atoms with Crippen LogP contribution in [0.3, 0.4) is 0 Å². The van der Waals surface area contributed by atoms with Crippen LogP contribution in [-0.2, 0) is 19.2 Å². The van der Waals surface area contributed by atoms with Gasteiger partial charge < -0.3 is 15.0 Å². The van der Waals surface area contributed by atoms with Crippen LogP contribution in [0.15, 0.2) is 47.3 Å². The molecule has 3 rings (SSSR count). The first-order valence-corrected chi connectivity index (χ1v) is 8.46. The number of hydrogen-bond acceptors (Lipinski definition) is 4. The van der Waals surface area contributed by atoms with E-state index < -0.39 is 5.60 Å². The average Bonchev–Trinajstić information content (AvgIpc) is 2.82. The van der Waals surface area contributed by atoms with Crippen molar-refractivity contribution in [2.24, 2.45) is 7.05 Å². The number of aryl methyl sites for hydroxylation is 1. The van der Waals surface area contributed by atoms with E-state index in [0.29, 0.717) is 18.7 Å². The summed E-state index contributed by atoms with van der Waals surface area (Å²) in [7, 11) is 1.76. The topological polar surface area (TPSA) is 54.3 Å². The fraction of sp³-hybridized carbons (Fsp3) is 0.278. The Labute approximate surface area is 143 Å². The molecule has 0 saturated heterocycles. The maximum Gasteiger partial charge on any atom is 0.307 e. The largest absolute Gasteiger partial charge is 0.384 e. The third kappa shape index (κ3) is 3.40. The highest BCUT2D eigenvalue weighted by Gasteiger charge is 2.22. The van der Waals surface area contributed by atoms with Crippen molar-refractivity contribution in [2.75, 3.05) is 6.54 Å². The lowest BCUT2D eigenvalue weighted by Crippen LogP contribution is -2.35. The van der Waals surface area contributed by atoms with E-state index in [-0.39, 0.29) is 10.7 Å². The van der Waals surface area contributed by atoms with Crippen LogP contribution in [0.25, 0.3) is 10.2 Å². The molecule has 4 nitrogen and oxygen atoms in total. The molecule has 0 saturated carbocycles. The quantitative estimate of drug-likeness (QED) is 0.747. The van der Waals surface area contributed by atoms with Gasteiger partial charge in [-0.05, 0) is 42.3 Å². The van der Waals surface area contributed by atoms with Crippen LogP contribution in [-0.4, -0.2) is 16.2 Å². The van der Waals surface area contributed by atoms with Gasteiger partial charge in [0.1, 0.15) is 5.82 Å². The minimum absolute atomic E-state index is 0.0225. The standard InChI is InChI=1S/C18H19FN2O2S/c1-18(23,13-4-6-14(19)7-5-13)11-20-10-12-3-8-15-16(9-12)24-17(22)21(15)2/h3-9,20,23H,10-11H2,1-2H3/t18-/m1/s1. The van der Waals surface area contributed by atoms with Crippen molar-refractivity contribution in [1.29, 1.82) is 0 Å². The normalized spacial score (nSPS) is 14.0. The number of nitrogens with one attached hydrogen (secondary N) is 1. The van der Waals surface area contributed by atoms with Gasteiger partial charge in [0, 0.05) is 20.1 Å². The molecule has 2 N–H and O–H groups in total. The van der Waals surface area contributed by atoms with Gasteiger partial charge in [-0.3, -0.25) is 4.79 Å². The fourth-order valence-electron chi connectivity index (χ4n) is 2.65. The van der Waals surface area contributed by atoms with Crippen LogP contribution >= 0.6 is 11.3 Å². The second-order valence-corrected chi connectivity index (χ2v) is 7.11. The molecule has 0 radical (unpaired) electrons. The zero-order valence-corrected chi connectivity index (χ0v) is 14.4. The van der Waals surface area contributed by atoms with E-state index >= 15 is 0 Å². The second-order valence-electron chi connectivity index (χ2n) is 6.11. The van der Waals surface area contributed by atoms with Crippen molar-refractivity contribution in [3.05, 3.63) is 69.1 Å². The van der Waals surface area contributed by atoms with E-state index in [0.717, 1.165) is 15.8 Å². The van der Waals surface area contributed by atoms with Crippen molar-refractivity contribution in [2.45, 2.75) is 19.1 Å². The van der Waals surface area contributed by atoms with Crippen LogP contribution in [0, 0.1) is 5.82 Å². The maximum absolute atomic E-state index is 13.0. The number of benzene rings is 2. The molecule has 0 fully saturated rings. The molecule has 126 valence electrons. The molecule has 0 unspecified atom stereocenters. The Hall–Kier alpha value is -2.02. The highest BCUT2D eigenvalue weighted by Crippen LogP contribution is 2.21. The van der Waals surface area contributed by atoms with Gasteiger partial charge in [0.25, 0.3) is 0 Å². The number of aromatic nitrogens is 1. The molecule has 1 heterocycles. The van der Waals surface area contributed by atoms with E-state index in [1.165, 1.54) is 23.5 Å². The molecular formula is C18H19FN2O2S. The van der Waals surface area contributed by atoms with Gasteiger partial charge in [-0.15, -0.1) is 0 Å². The van der Waals surface area contributed by atoms with Crippen LogP contribution in [0.4, 0.5) is 4.39 Å². The lowest BCUT2D eigenvalue weighted by atomic mass is 9.96.